The van der Waals surface area contributed by atoms with E-state index in [-0.39, 0.29) is 12.3 Å². The fourth-order valence-electron chi connectivity index (χ4n) is 3.34. The fraction of sp³-hybridized carbons (Fsp3) is 0.250. The number of hydrogen-bond donors (Lipinski definition) is 2. The number of aromatic nitrogens is 1. The molecule has 3 rings (SSSR count). The zero-order valence-electron chi connectivity index (χ0n) is 16.3. The minimum atomic E-state index is -0.803. The Morgan fingerprint density at radius 2 is 1.83 bits per heavy atom. The van der Waals surface area contributed by atoms with Crippen LogP contribution in [0, 0.1) is 0 Å². The lowest BCUT2D eigenvalue weighted by Crippen LogP contribution is -2.27. The molecule has 0 radical (unpaired) electrons. The predicted molar refractivity (Wildman–Crippen MR) is 113 cm³/mol. The van der Waals surface area contributed by atoms with E-state index < -0.39 is 12.2 Å². The highest BCUT2D eigenvalue weighted by atomic mass is 16.5. The van der Waals surface area contributed by atoms with E-state index in [9.17, 15) is 9.90 Å². The molecule has 3 N–H and O–H groups in total. The van der Waals surface area contributed by atoms with Crippen LogP contribution in [-0.4, -0.2) is 22.3 Å². The van der Waals surface area contributed by atoms with E-state index in [1.165, 1.54) is 0 Å². The summed E-state index contributed by atoms with van der Waals surface area (Å²) < 4.78 is 5.88. The van der Waals surface area contributed by atoms with Gasteiger partial charge in [0, 0.05) is 18.3 Å². The van der Waals surface area contributed by atoms with Crippen molar-refractivity contribution in [3.63, 3.8) is 0 Å². The lowest BCUT2D eigenvalue weighted by molar-refractivity contribution is -0.137. The van der Waals surface area contributed by atoms with Crippen molar-refractivity contribution in [2.24, 2.45) is 5.73 Å². The van der Waals surface area contributed by atoms with Crippen LogP contribution in [0.3, 0.4) is 0 Å². The molecule has 0 bridgehead atoms. The van der Waals surface area contributed by atoms with Crippen LogP contribution in [0.4, 0.5) is 0 Å². The van der Waals surface area contributed by atoms with Gasteiger partial charge in [0.15, 0.2) is 0 Å². The van der Waals surface area contributed by atoms with Gasteiger partial charge in [0.05, 0.1) is 6.42 Å². The summed E-state index contributed by atoms with van der Waals surface area (Å²) in [6.45, 7) is 0. The van der Waals surface area contributed by atoms with Gasteiger partial charge in [0.25, 0.3) is 0 Å². The Labute approximate surface area is 171 Å². The van der Waals surface area contributed by atoms with Crippen molar-refractivity contribution < 1.29 is 14.6 Å². The molecule has 3 aromatic rings. The standard InChI is InChI=1S/C24H26N2O3/c25-23(13-12-21-10-4-5-14-26-21)29-22-11-6-7-18(16-22)15-20(17-24(27)28)19-8-2-1-3-9-19/h1-11,14,16,20,23H,12-13,15,17,25H2,(H,27,28). The van der Waals surface area contributed by atoms with Gasteiger partial charge in [-0.15, -0.1) is 0 Å². The molecule has 5 heteroatoms. The lowest BCUT2D eigenvalue weighted by Gasteiger charge is -2.18. The van der Waals surface area contributed by atoms with Gasteiger partial charge < -0.3 is 9.84 Å². The first-order valence-corrected chi connectivity index (χ1v) is 9.78. The molecule has 0 aliphatic rings. The third-order valence-electron chi connectivity index (χ3n) is 4.77. The van der Waals surface area contributed by atoms with Crippen LogP contribution in [0.15, 0.2) is 79.0 Å². The summed E-state index contributed by atoms with van der Waals surface area (Å²) in [5, 5.41) is 9.30. The number of rotatable bonds is 10. The second-order valence-electron chi connectivity index (χ2n) is 7.07. The van der Waals surface area contributed by atoms with Gasteiger partial charge >= 0.3 is 5.97 Å². The summed E-state index contributed by atoms with van der Waals surface area (Å²) in [6.07, 6.45) is 3.45. The molecule has 150 valence electrons. The summed E-state index contributed by atoms with van der Waals surface area (Å²) in [7, 11) is 0. The van der Waals surface area contributed by atoms with Gasteiger partial charge in [-0.05, 0) is 54.2 Å². The summed E-state index contributed by atoms with van der Waals surface area (Å²) in [4.78, 5) is 15.6. The maximum atomic E-state index is 11.3. The Morgan fingerprint density at radius 3 is 2.55 bits per heavy atom. The topological polar surface area (TPSA) is 85.4 Å². The number of hydrogen-bond acceptors (Lipinski definition) is 4. The number of ether oxygens (including phenoxy) is 1. The van der Waals surface area contributed by atoms with Gasteiger partial charge in [-0.2, -0.15) is 0 Å². The lowest BCUT2D eigenvalue weighted by atomic mass is 9.89. The van der Waals surface area contributed by atoms with Crippen LogP contribution in [0.1, 0.15) is 35.6 Å². The highest BCUT2D eigenvalue weighted by Gasteiger charge is 2.17. The van der Waals surface area contributed by atoms with E-state index in [1.807, 2.05) is 72.8 Å². The minimum Gasteiger partial charge on any atom is -0.481 e. The van der Waals surface area contributed by atoms with Gasteiger partial charge in [-0.25, -0.2) is 0 Å². The first-order valence-electron chi connectivity index (χ1n) is 9.78. The first-order chi connectivity index (χ1) is 14.1. The molecule has 5 nitrogen and oxygen atoms in total. The van der Waals surface area contributed by atoms with Gasteiger partial charge in [-0.3, -0.25) is 15.5 Å². The fourth-order valence-corrected chi connectivity index (χ4v) is 3.34. The number of benzene rings is 2. The normalized spacial score (nSPS) is 12.9. The number of nitrogens with two attached hydrogens (primary N) is 1. The second kappa shape index (κ2) is 10.4. The molecule has 1 heterocycles. The summed E-state index contributed by atoms with van der Waals surface area (Å²) >= 11 is 0. The SMILES string of the molecule is NC(CCc1ccccn1)Oc1cccc(CC(CC(=O)O)c2ccccc2)c1. The van der Waals surface area contributed by atoms with Crippen molar-refractivity contribution in [3.8, 4) is 5.75 Å². The molecule has 2 aromatic carbocycles. The molecule has 1 aromatic heterocycles. The average Bonchev–Trinajstić information content (AvgIpc) is 2.73. The molecule has 0 aliphatic heterocycles. The van der Waals surface area contributed by atoms with Crippen LogP contribution < -0.4 is 10.5 Å². The zero-order chi connectivity index (χ0) is 20.5. The van der Waals surface area contributed by atoms with E-state index in [1.54, 1.807) is 6.20 Å². The molecule has 0 amide bonds. The molecular weight excluding hydrogens is 364 g/mol. The Kier molecular flexibility index (Phi) is 7.36. The van der Waals surface area contributed by atoms with Crippen LogP contribution in [-0.2, 0) is 17.6 Å². The smallest absolute Gasteiger partial charge is 0.303 e. The van der Waals surface area contributed by atoms with Crippen molar-refractivity contribution in [2.45, 2.75) is 37.8 Å². The minimum absolute atomic E-state index is 0.0820. The van der Waals surface area contributed by atoms with E-state index in [0.29, 0.717) is 18.6 Å². The average molecular weight is 390 g/mol. The Hall–Kier alpha value is -3.18. The third-order valence-corrected chi connectivity index (χ3v) is 4.77. The quantitative estimate of drug-likeness (QED) is 0.507. The molecule has 0 fully saturated rings. The first kappa shape index (κ1) is 20.6. The van der Waals surface area contributed by atoms with E-state index >= 15 is 0 Å². The largest absolute Gasteiger partial charge is 0.481 e. The molecule has 29 heavy (non-hydrogen) atoms. The predicted octanol–water partition coefficient (Wildman–Crippen LogP) is 4.18. The Morgan fingerprint density at radius 1 is 1.03 bits per heavy atom. The maximum Gasteiger partial charge on any atom is 0.303 e. The summed E-state index contributed by atoms with van der Waals surface area (Å²) in [5.41, 5.74) is 9.16. The molecule has 0 saturated heterocycles. The monoisotopic (exact) mass is 390 g/mol. The number of carboxylic acids is 1. The van der Waals surface area contributed by atoms with Gasteiger partial charge in [0.1, 0.15) is 12.0 Å². The molecule has 2 atom stereocenters. The van der Waals surface area contributed by atoms with Crippen molar-refractivity contribution in [2.75, 3.05) is 0 Å². The summed E-state index contributed by atoms with van der Waals surface area (Å²) in [5.74, 6) is -0.206. The van der Waals surface area contributed by atoms with E-state index in [0.717, 1.165) is 23.2 Å². The number of nitrogens with zero attached hydrogens (tertiary/aromatic N) is 1. The number of carbonyl (C=O) groups is 1. The van der Waals surface area contributed by atoms with E-state index in [2.05, 4.69) is 4.98 Å². The number of aliphatic carboxylic acids is 1. The van der Waals surface area contributed by atoms with Crippen LogP contribution in [0.2, 0.25) is 0 Å². The van der Waals surface area contributed by atoms with Crippen molar-refractivity contribution in [1.82, 2.24) is 4.98 Å². The zero-order valence-corrected chi connectivity index (χ0v) is 16.3. The van der Waals surface area contributed by atoms with Crippen molar-refractivity contribution in [3.05, 3.63) is 95.8 Å². The summed E-state index contributed by atoms with van der Waals surface area (Å²) in [6, 6.07) is 23.3. The Bertz CT molecular complexity index is 900. The number of pyridine rings is 1. The second-order valence-corrected chi connectivity index (χ2v) is 7.07. The van der Waals surface area contributed by atoms with Gasteiger partial charge in [0.2, 0.25) is 0 Å². The molecule has 2 unspecified atom stereocenters. The molecule has 0 aliphatic carbocycles. The van der Waals surface area contributed by atoms with Crippen LogP contribution >= 0.6 is 0 Å². The third kappa shape index (κ3) is 6.73. The molecular formula is C24H26N2O3. The number of carboxylic acid groups (broad SMARTS) is 1. The van der Waals surface area contributed by atoms with Crippen LogP contribution in [0.25, 0.3) is 0 Å². The maximum absolute atomic E-state index is 11.3. The van der Waals surface area contributed by atoms with E-state index in [4.69, 9.17) is 10.5 Å². The Balaban J connectivity index is 1.62. The molecule has 0 saturated carbocycles. The highest BCUT2D eigenvalue weighted by molar-refractivity contribution is 5.68. The van der Waals surface area contributed by atoms with Crippen LogP contribution in [0.5, 0.6) is 5.75 Å². The highest BCUT2D eigenvalue weighted by Crippen LogP contribution is 2.26. The van der Waals surface area contributed by atoms with Crippen molar-refractivity contribution in [1.29, 1.82) is 0 Å². The number of aryl methyl sites for hydroxylation is 1. The van der Waals surface area contributed by atoms with Gasteiger partial charge in [-0.1, -0.05) is 48.5 Å². The molecule has 0 spiro atoms. The van der Waals surface area contributed by atoms with Crippen molar-refractivity contribution >= 4 is 5.97 Å².